The summed E-state index contributed by atoms with van der Waals surface area (Å²) in [7, 11) is -4.28. The van der Waals surface area contributed by atoms with Gasteiger partial charge in [0.15, 0.2) is 0 Å². The number of nitrogens with one attached hydrogen (secondary N) is 2. The average molecular weight is 586 g/mol. The van der Waals surface area contributed by atoms with E-state index in [0.29, 0.717) is 12.8 Å². The van der Waals surface area contributed by atoms with Crippen molar-refractivity contribution in [1.82, 2.24) is 14.6 Å². The van der Waals surface area contributed by atoms with Crippen molar-refractivity contribution in [3.05, 3.63) is 99.3 Å². The van der Waals surface area contributed by atoms with Gasteiger partial charge in [-0.05, 0) is 44.4 Å². The number of benzene rings is 2. The number of ether oxygens (including phenoxy) is 2. The Morgan fingerprint density at radius 1 is 1.12 bits per heavy atom. The second-order valence-electron chi connectivity index (χ2n) is 10.7. The quantitative estimate of drug-likeness (QED) is 0.226. The van der Waals surface area contributed by atoms with Crippen LogP contribution >= 0.6 is 7.75 Å². The van der Waals surface area contributed by atoms with Gasteiger partial charge in [0.05, 0.1) is 12.7 Å². The smallest absolute Gasteiger partial charge is 0.459 e. The van der Waals surface area contributed by atoms with E-state index in [9.17, 15) is 24.1 Å². The van der Waals surface area contributed by atoms with Gasteiger partial charge in [-0.1, -0.05) is 48.5 Å². The molecule has 5 rings (SSSR count). The standard InChI is InChI=1S/C28H32N3O9P/c1-27(2,25(34)37-17-19-9-5-3-6-10-19)30-41(36,40-20-11-7-4-8-12-20)38-18-21-23(33)28(14-15-28)24(39-21)31-16-13-22(32)29-26(31)35/h3-13,16,21,23-24,33H,14-15,17-18H2,1-2H3,(H,30,36)(H,29,32,35)/t21-,23-,24-,41?/m1/s1. The lowest BCUT2D eigenvalue weighted by molar-refractivity contribution is -0.151. The van der Waals surface area contributed by atoms with Crippen molar-refractivity contribution in [3.63, 3.8) is 0 Å². The largest absolute Gasteiger partial charge is 0.459 e. The van der Waals surface area contributed by atoms with Gasteiger partial charge in [0.2, 0.25) is 0 Å². The molecule has 12 nitrogen and oxygen atoms in total. The van der Waals surface area contributed by atoms with Gasteiger partial charge in [-0.15, -0.1) is 0 Å². The molecule has 3 N–H and O–H groups in total. The van der Waals surface area contributed by atoms with Crippen LogP contribution in [0.5, 0.6) is 5.75 Å². The molecule has 4 atom stereocenters. The number of aromatic nitrogens is 2. The highest BCUT2D eigenvalue weighted by atomic mass is 31.2. The van der Waals surface area contributed by atoms with Crippen LogP contribution in [0.15, 0.2) is 82.5 Å². The van der Waals surface area contributed by atoms with Gasteiger partial charge in [0, 0.05) is 17.7 Å². The molecule has 218 valence electrons. The van der Waals surface area contributed by atoms with Gasteiger partial charge >= 0.3 is 19.4 Å². The minimum atomic E-state index is -4.28. The maximum Gasteiger partial charge on any atom is 0.459 e. The van der Waals surface area contributed by atoms with Crippen LogP contribution in [0.2, 0.25) is 0 Å². The summed E-state index contributed by atoms with van der Waals surface area (Å²) in [4.78, 5) is 39.2. The Morgan fingerprint density at radius 2 is 1.78 bits per heavy atom. The lowest BCUT2D eigenvalue weighted by Gasteiger charge is -2.30. The Bertz CT molecular complexity index is 1540. The fourth-order valence-corrected chi connectivity index (χ4v) is 6.51. The van der Waals surface area contributed by atoms with E-state index in [1.807, 2.05) is 30.3 Å². The lowest BCUT2D eigenvalue weighted by atomic mass is 9.96. The van der Waals surface area contributed by atoms with Crippen LogP contribution in [0, 0.1) is 5.41 Å². The van der Waals surface area contributed by atoms with E-state index in [0.717, 1.165) is 5.56 Å². The molecule has 41 heavy (non-hydrogen) atoms. The van der Waals surface area contributed by atoms with Crippen molar-refractivity contribution in [2.75, 3.05) is 6.61 Å². The van der Waals surface area contributed by atoms with Gasteiger partial charge in [0.1, 0.15) is 30.2 Å². The van der Waals surface area contributed by atoms with E-state index >= 15 is 0 Å². The number of hydrogen-bond acceptors (Lipinski definition) is 9. The summed E-state index contributed by atoms with van der Waals surface area (Å²) in [5.74, 6) is -0.463. The Balaban J connectivity index is 1.32. The number of nitrogens with zero attached hydrogens (tertiary/aromatic N) is 1. The summed E-state index contributed by atoms with van der Waals surface area (Å²) in [6.45, 7) is 2.61. The van der Waals surface area contributed by atoms with Crippen LogP contribution in [0.1, 0.15) is 38.5 Å². The highest BCUT2D eigenvalue weighted by Crippen LogP contribution is 2.62. The fourth-order valence-electron chi connectivity index (χ4n) is 4.83. The number of hydrogen-bond donors (Lipinski definition) is 3. The highest BCUT2D eigenvalue weighted by Gasteiger charge is 2.64. The number of carbonyl (C=O) groups is 1. The molecule has 1 aliphatic heterocycles. The lowest BCUT2D eigenvalue weighted by Crippen LogP contribution is -2.47. The zero-order valence-electron chi connectivity index (χ0n) is 22.6. The number of carbonyl (C=O) groups excluding carboxylic acids is 1. The van der Waals surface area contributed by atoms with E-state index in [4.69, 9.17) is 18.5 Å². The minimum absolute atomic E-state index is 0.0190. The molecule has 1 aromatic heterocycles. The van der Waals surface area contributed by atoms with Gasteiger partial charge in [0.25, 0.3) is 5.56 Å². The summed E-state index contributed by atoms with van der Waals surface area (Å²) in [6, 6.07) is 18.6. The first-order chi connectivity index (χ1) is 19.5. The molecule has 1 unspecified atom stereocenters. The SMILES string of the molecule is CC(C)(NP(=O)(OC[C@H]1O[C@@H](n2ccc(=O)[nH]c2=O)C2(CC2)[C@@H]1O)Oc1ccccc1)C(=O)OCc1ccccc1. The molecular formula is C28H32N3O9P. The Morgan fingerprint density at radius 3 is 2.41 bits per heavy atom. The maximum absolute atomic E-state index is 14.1. The molecule has 13 heteroatoms. The number of aliphatic hydroxyl groups excluding tert-OH is 1. The third kappa shape index (κ3) is 6.37. The third-order valence-corrected chi connectivity index (χ3v) is 8.96. The molecule has 2 aromatic carbocycles. The Labute approximate surface area is 235 Å². The molecule has 2 fully saturated rings. The molecule has 3 aromatic rings. The second-order valence-corrected chi connectivity index (χ2v) is 12.4. The summed E-state index contributed by atoms with van der Waals surface area (Å²) >= 11 is 0. The van der Waals surface area contributed by atoms with Crippen molar-refractivity contribution < 1.29 is 33.0 Å². The zero-order chi connectivity index (χ0) is 29.3. The molecule has 0 radical (unpaired) electrons. The number of aromatic amines is 1. The normalized spacial score (nSPS) is 22.7. The topological polar surface area (TPSA) is 158 Å². The van der Waals surface area contributed by atoms with Gasteiger partial charge in [-0.3, -0.25) is 23.7 Å². The van der Waals surface area contributed by atoms with E-state index < -0.39 is 54.4 Å². The highest BCUT2D eigenvalue weighted by molar-refractivity contribution is 7.52. The first kappa shape index (κ1) is 29.0. The molecule has 0 bridgehead atoms. The molecule has 1 saturated heterocycles. The minimum Gasteiger partial charge on any atom is -0.459 e. The predicted octanol–water partition coefficient (Wildman–Crippen LogP) is 2.89. The van der Waals surface area contributed by atoms with E-state index in [1.165, 1.54) is 30.7 Å². The molecule has 2 heterocycles. The van der Waals surface area contributed by atoms with Gasteiger partial charge in [-0.25, -0.2) is 9.36 Å². The molecule has 1 saturated carbocycles. The summed E-state index contributed by atoms with van der Waals surface area (Å²) < 4.78 is 38.3. The number of rotatable bonds is 11. The van der Waals surface area contributed by atoms with E-state index in [2.05, 4.69) is 10.1 Å². The fraction of sp³-hybridized carbons (Fsp3) is 0.393. The first-order valence-corrected chi connectivity index (χ1v) is 14.7. The van der Waals surface area contributed by atoms with Crippen LogP contribution in [0.3, 0.4) is 0 Å². The third-order valence-electron chi connectivity index (χ3n) is 7.18. The van der Waals surface area contributed by atoms with E-state index in [-0.39, 0.29) is 19.0 Å². The average Bonchev–Trinajstić information content (AvgIpc) is 3.70. The Kier molecular flexibility index (Phi) is 8.04. The summed E-state index contributed by atoms with van der Waals surface area (Å²) in [6.07, 6.45) is -0.419. The van der Waals surface area contributed by atoms with Crippen molar-refractivity contribution in [2.24, 2.45) is 5.41 Å². The van der Waals surface area contributed by atoms with Crippen molar-refractivity contribution in [2.45, 2.75) is 57.3 Å². The first-order valence-electron chi connectivity index (χ1n) is 13.2. The predicted molar refractivity (Wildman–Crippen MR) is 147 cm³/mol. The number of esters is 1. The molecule has 2 aliphatic rings. The summed E-state index contributed by atoms with van der Waals surface area (Å²) in [5, 5.41) is 13.8. The maximum atomic E-state index is 14.1. The van der Waals surface area contributed by atoms with Crippen LogP contribution in [0.25, 0.3) is 0 Å². The van der Waals surface area contributed by atoms with Gasteiger partial charge in [-0.2, -0.15) is 5.09 Å². The Hall–Kier alpha value is -3.54. The second kappa shape index (κ2) is 11.4. The monoisotopic (exact) mass is 585 g/mol. The van der Waals surface area contributed by atoms with E-state index in [1.54, 1.807) is 30.3 Å². The van der Waals surface area contributed by atoms with Gasteiger partial charge < -0.3 is 19.1 Å². The van der Waals surface area contributed by atoms with Crippen molar-refractivity contribution in [1.29, 1.82) is 0 Å². The molecule has 0 amide bonds. The van der Waals surface area contributed by atoms with Crippen LogP contribution in [0.4, 0.5) is 0 Å². The number of para-hydroxylation sites is 1. The molecular weight excluding hydrogens is 553 g/mol. The summed E-state index contributed by atoms with van der Waals surface area (Å²) in [5.41, 5.74) is -2.69. The van der Waals surface area contributed by atoms with Crippen LogP contribution in [-0.2, 0) is 30.0 Å². The molecule has 1 spiro atoms. The van der Waals surface area contributed by atoms with Crippen LogP contribution < -0.4 is 20.9 Å². The number of aliphatic hydroxyl groups is 1. The van der Waals surface area contributed by atoms with Crippen molar-refractivity contribution >= 4 is 13.7 Å². The van der Waals surface area contributed by atoms with Crippen molar-refractivity contribution in [3.8, 4) is 5.75 Å². The number of H-pyrrole nitrogens is 1. The molecule has 1 aliphatic carbocycles. The van der Waals surface area contributed by atoms with Crippen LogP contribution in [-0.4, -0.2) is 45.0 Å². The zero-order valence-corrected chi connectivity index (χ0v) is 23.5.